The van der Waals surface area contributed by atoms with Crippen LogP contribution in [0.15, 0.2) is 32.5 Å². The second kappa shape index (κ2) is 7.24. The van der Waals surface area contributed by atoms with E-state index in [2.05, 4.69) is 5.10 Å². The molecule has 120 valence electrons. The van der Waals surface area contributed by atoms with Gasteiger partial charge < -0.3 is 4.42 Å². The lowest BCUT2D eigenvalue weighted by Gasteiger charge is -2.05. The Bertz CT molecular complexity index is 834. The number of hydrogen-bond donors (Lipinski definition) is 0. The quantitative estimate of drug-likeness (QED) is 0.785. The van der Waals surface area contributed by atoms with Crippen LogP contribution in [0.1, 0.15) is 28.3 Å². The molecule has 0 aromatic carbocycles. The summed E-state index contributed by atoms with van der Waals surface area (Å²) in [6, 6.07) is 6.69. The Morgan fingerprint density at radius 1 is 1.48 bits per heavy atom. The molecular formula is C15H13F2N3O2S. The van der Waals surface area contributed by atoms with Crippen LogP contribution in [0.4, 0.5) is 8.78 Å². The molecule has 2 aromatic heterocycles. The lowest BCUT2D eigenvalue weighted by molar-refractivity contribution is 0.251. The van der Waals surface area contributed by atoms with Crippen molar-refractivity contribution in [1.29, 1.82) is 5.26 Å². The number of thioether (sulfide) groups is 1. The number of hydrogen-bond acceptors (Lipinski definition) is 5. The van der Waals surface area contributed by atoms with Crippen molar-refractivity contribution in [2.75, 3.05) is 0 Å². The van der Waals surface area contributed by atoms with E-state index in [1.807, 2.05) is 6.07 Å². The van der Waals surface area contributed by atoms with Gasteiger partial charge in [0.25, 0.3) is 11.3 Å². The Morgan fingerprint density at radius 3 is 2.87 bits per heavy atom. The molecule has 0 fully saturated rings. The third-order valence-electron chi connectivity index (χ3n) is 3.01. The number of aryl methyl sites for hydroxylation is 2. The van der Waals surface area contributed by atoms with Crippen molar-refractivity contribution in [3.8, 4) is 6.07 Å². The topological polar surface area (TPSA) is 71.3 Å². The van der Waals surface area contributed by atoms with Gasteiger partial charge >= 0.3 is 0 Å². The molecule has 0 radical (unpaired) electrons. The van der Waals surface area contributed by atoms with E-state index in [-0.39, 0.29) is 11.3 Å². The summed E-state index contributed by atoms with van der Waals surface area (Å²) in [4.78, 5) is 12.2. The summed E-state index contributed by atoms with van der Waals surface area (Å²) in [5.41, 5.74) is 0.677. The summed E-state index contributed by atoms with van der Waals surface area (Å²) >= 11 is 0.461. The van der Waals surface area contributed by atoms with Crippen molar-refractivity contribution in [3.05, 3.63) is 56.9 Å². The molecule has 8 heteroatoms. The van der Waals surface area contributed by atoms with Crippen LogP contribution in [0, 0.1) is 25.2 Å². The monoisotopic (exact) mass is 337 g/mol. The molecule has 0 unspecified atom stereocenters. The molecule has 2 heterocycles. The van der Waals surface area contributed by atoms with Crippen molar-refractivity contribution in [2.24, 2.45) is 5.10 Å². The van der Waals surface area contributed by atoms with E-state index in [4.69, 9.17) is 9.68 Å². The predicted molar refractivity (Wildman–Crippen MR) is 83.9 cm³/mol. The molecule has 0 spiro atoms. The highest BCUT2D eigenvalue weighted by atomic mass is 32.2. The van der Waals surface area contributed by atoms with Gasteiger partial charge in [0.05, 0.1) is 12.0 Å². The van der Waals surface area contributed by atoms with Crippen LogP contribution in [0.5, 0.6) is 0 Å². The van der Waals surface area contributed by atoms with Gasteiger partial charge in [-0.3, -0.25) is 4.79 Å². The number of aromatic nitrogens is 1. The molecule has 0 saturated heterocycles. The molecule has 0 aliphatic heterocycles. The molecule has 0 amide bonds. The van der Waals surface area contributed by atoms with Gasteiger partial charge in [-0.25, -0.2) is 4.68 Å². The number of alkyl halides is 2. The number of rotatable bonds is 5. The molecule has 2 rings (SSSR count). The predicted octanol–water partition coefficient (Wildman–Crippen LogP) is 3.27. The van der Waals surface area contributed by atoms with Gasteiger partial charge in [-0.15, -0.1) is 0 Å². The van der Waals surface area contributed by atoms with Crippen molar-refractivity contribution >= 4 is 18.0 Å². The third kappa shape index (κ3) is 4.07. The maximum Gasteiger partial charge on any atom is 0.289 e. The Hall–Kier alpha value is -2.40. The van der Waals surface area contributed by atoms with Crippen LogP contribution in [-0.2, 0) is 5.75 Å². The van der Waals surface area contributed by atoms with Crippen molar-refractivity contribution in [3.63, 3.8) is 0 Å². The van der Waals surface area contributed by atoms with Crippen molar-refractivity contribution in [1.82, 2.24) is 4.68 Å². The van der Waals surface area contributed by atoms with Crippen molar-refractivity contribution in [2.45, 2.75) is 25.4 Å². The zero-order valence-corrected chi connectivity index (χ0v) is 13.2. The number of halogens is 2. The summed E-state index contributed by atoms with van der Waals surface area (Å²) in [7, 11) is 0. The molecule has 0 saturated carbocycles. The summed E-state index contributed by atoms with van der Waals surface area (Å²) in [5, 5.41) is 13.0. The van der Waals surface area contributed by atoms with Gasteiger partial charge in [0.15, 0.2) is 0 Å². The first-order valence-electron chi connectivity index (χ1n) is 6.58. The van der Waals surface area contributed by atoms with Gasteiger partial charge in [0, 0.05) is 5.69 Å². The van der Waals surface area contributed by atoms with Crippen LogP contribution >= 0.6 is 11.8 Å². The number of nitriles is 1. The van der Waals surface area contributed by atoms with Crippen LogP contribution < -0.4 is 5.56 Å². The summed E-state index contributed by atoms with van der Waals surface area (Å²) in [6.45, 7) is 3.38. The molecule has 23 heavy (non-hydrogen) atoms. The van der Waals surface area contributed by atoms with E-state index in [1.165, 1.54) is 6.21 Å². The van der Waals surface area contributed by atoms with Crippen molar-refractivity contribution < 1.29 is 13.2 Å². The second-order valence-corrected chi connectivity index (χ2v) is 5.67. The molecule has 0 aliphatic carbocycles. The fourth-order valence-electron chi connectivity index (χ4n) is 1.96. The molecule has 5 nitrogen and oxygen atoms in total. The SMILES string of the molecule is Cc1cc(C)n(/N=C\c2ccc(CSC(F)F)o2)c(=O)c1C#N. The summed E-state index contributed by atoms with van der Waals surface area (Å²) in [6.07, 6.45) is 1.31. The van der Waals surface area contributed by atoms with E-state index in [1.54, 1.807) is 32.0 Å². The summed E-state index contributed by atoms with van der Waals surface area (Å²) in [5.74, 6) is -1.69. The molecule has 0 atom stereocenters. The van der Waals surface area contributed by atoms with Crippen LogP contribution in [0.2, 0.25) is 0 Å². The highest BCUT2D eigenvalue weighted by molar-refractivity contribution is 7.98. The number of pyridine rings is 1. The van der Waals surface area contributed by atoms with Gasteiger partial charge in [-0.2, -0.15) is 19.1 Å². The minimum absolute atomic E-state index is 0.0289. The van der Waals surface area contributed by atoms with Gasteiger partial charge in [0.1, 0.15) is 23.2 Å². The average molecular weight is 337 g/mol. The standard InChI is InChI=1S/C15H13F2N3O2S/c1-9-5-10(2)20(14(21)13(9)6-18)19-7-11-3-4-12(22-11)8-23-15(16)17/h3-5,7,15H,8H2,1-2H3/b19-7-. The normalized spacial score (nSPS) is 11.3. The van der Waals surface area contributed by atoms with Crippen LogP contribution in [0.25, 0.3) is 0 Å². The van der Waals surface area contributed by atoms with E-state index >= 15 is 0 Å². The third-order valence-corrected chi connectivity index (χ3v) is 3.71. The van der Waals surface area contributed by atoms with Gasteiger partial charge in [-0.05, 0) is 37.6 Å². The molecule has 2 aromatic rings. The summed E-state index contributed by atoms with van der Waals surface area (Å²) < 4.78 is 30.7. The molecule has 0 N–H and O–H groups in total. The highest BCUT2D eigenvalue weighted by Crippen LogP contribution is 2.20. The lowest BCUT2D eigenvalue weighted by Crippen LogP contribution is -2.22. The van der Waals surface area contributed by atoms with E-state index in [9.17, 15) is 13.6 Å². The lowest BCUT2D eigenvalue weighted by atomic mass is 10.1. The maximum atomic E-state index is 12.2. The van der Waals surface area contributed by atoms with Gasteiger partial charge in [-0.1, -0.05) is 11.8 Å². The smallest absolute Gasteiger partial charge is 0.289 e. The van der Waals surface area contributed by atoms with Crippen LogP contribution in [-0.4, -0.2) is 16.6 Å². The minimum Gasteiger partial charge on any atom is -0.459 e. The fourth-order valence-corrected chi connectivity index (χ4v) is 2.41. The Labute approximate surface area is 135 Å². The molecule has 0 aliphatic rings. The first-order chi connectivity index (χ1) is 10.9. The average Bonchev–Trinajstić information content (AvgIpc) is 2.93. The highest BCUT2D eigenvalue weighted by Gasteiger charge is 2.10. The largest absolute Gasteiger partial charge is 0.459 e. The zero-order valence-electron chi connectivity index (χ0n) is 12.4. The first-order valence-corrected chi connectivity index (χ1v) is 7.63. The first kappa shape index (κ1) is 17.0. The van der Waals surface area contributed by atoms with E-state index < -0.39 is 11.3 Å². The Morgan fingerprint density at radius 2 is 2.22 bits per heavy atom. The number of furan rings is 1. The number of nitrogens with zero attached hydrogens (tertiary/aromatic N) is 3. The molecular weight excluding hydrogens is 324 g/mol. The Kier molecular flexibility index (Phi) is 5.34. The zero-order chi connectivity index (χ0) is 17.0. The van der Waals surface area contributed by atoms with E-state index in [0.29, 0.717) is 34.5 Å². The molecule has 0 bridgehead atoms. The Balaban J connectivity index is 2.25. The van der Waals surface area contributed by atoms with Gasteiger partial charge in [0.2, 0.25) is 0 Å². The minimum atomic E-state index is -2.46. The maximum absolute atomic E-state index is 12.2. The second-order valence-electron chi connectivity index (χ2n) is 4.69. The van der Waals surface area contributed by atoms with Crippen LogP contribution in [0.3, 0.4) is 0 Å². The fraction of sp³-hybridized carbons (Fsp3) is 0.267. The van der Waals surface area contributed by atoms with E-state index in [0.717, 1.165) is 4.68 Å².